The van der Waals surface area contributed by atoms with Crippen molar-refractivity contribution in [1.82, 2.24) is 10.6 Å². The van der Waals surface area contributed by atoms with Gasteiger partial charge in [-0.15, -0.1) is 0 Å². The fourth-order valence-electron chi connectivity index (χ4n) is 1.21. The van der Waals surface area contributed by atoms with Gasteiger partial charge in [-0.3, -0.25) is 9.59 Å². The van der Waals surface area contributed by atoms with E-state index in [0.29, 0.717) is 19.4 Å². The van der Waals surface area contributed by atoms with Crippen LogP contribution in [-0.2, 0) is 9.59 Å². The molecule has 0 unspecified atom stereocenters. The Labute approximate surface area is 96.6 Å². The molecule has 94 valence electrons. The number of carbonyl (C=O) groups excluding carboxylic acids is 1. The van der Waals surface area contributed by atoms with Crippen molar-refractivity contribution in [2.75, 3.05) is 19.6 Å². The molecular weight excluding hydrogens is 208 g/mol. The van der Waals surface area contributed by atoms with Gasteiger partial charge in [-0.2, -0.15) is 0 Å². The minimum absolute atomic E-state index is 0.0693. The van der Waals surface area contributed by atoms with E-state index in [4.69, 9.17) is 5.11 Å². The number of amides is 1. The molecule has 0 spiro atoms. The summed E-state index contributed by atoms with van der Waals surface area (Å²) in [5, 5.41) is 14.3. The van der Waals surface area contributed by atoms with Crippen LogP contribution in [0, 0.1) is 0 Å². The molecule has 16 heavy (non-hydrogen) atoms. The number of nitrogens with one attached hydrogen (secondary N) is 2. The maximum absolute atomic E-state index is 11.2. The molecule has 5 nitrogen and oxygen atoms in total. The number of rotatable bonds is 10. The molecular formula is C11H22N2O3. The highest BCUT2D eigenvalue weighted by atomic mass is 16.4. The van der Waals surface area contributed by atoms with Gasteiger partial charge in [0.2, 0.25) is 5.91 Å². The molecule has 0 bridgehead atoms. The molecule has 1 amide bonds. The number of carboxylic acids is 1. The van der Waals surface area contributed by atoms with Gasteiger partial charge in [0, 0.05) is 25.9 Å². The minimum Gasteiger partial charge on any atom is -0.481 e. The molecule has 5 heteroatoms. The number of unbranched alkanes of at least 4 members (excludes halogenated alkanes) is 1. The third-order valence-corrected chi connectivity index (χ3v) is 2.10. The van der Waals surface area contributed by atoms with Crippen molar-refractivity contribution < 1.29 is 14.7 Å². The number of aliphatic carboxylic acids is 1. The van der Waals surface area contributed by atoms with Crippen molar-refractivity contribution in [2.45, 2.75) is 39.0 Å². The van der Waals surface area contributed by atoms with Crippen LogP contribution in [0.4, 0.5) is 0 Å². The maximum Gasteiger partial charge on any atom is 0.303 e. The van der Waals surface area contributed by atoms with E-state index < -0.39 is 5.97 Å². The van der Waals surface area contributed by atoms with Gasteiger partial charge < -0.3 is 15.7 Å². The Bertz CT molecular complexity index is 207. The van der Waals surface area contributed by atoms with Crippen molar-refractivity contribution in [1.29, 1.82) is 0 Å². The van der Waals surface area contributed by atoms with Crippen LogP contribution in [0.1, 0.15) is 39.0 Å². The van der Waals surface area contributed by atoms with E-state index in [-0.39, 0.29) is 12.3 Å². The van der Waals surface area contributed by atoms with Crippen molar-refractivity contribution in [3.63, 3.8) is 0 Å². The standard InChI is InChI=1S/C11H22N2O3/c1-2-7-13-10(14)6-9-12-8-4-3-5-11(15)16/h12H,2-9H2,1H3,(H,13,14)(H,15,16). The average molecular weight is 230 g/mol. The van der Waals surface area contributed by atoms with Crippen LogP contribution < -0.4 is 10.6 Å². The van der Waals surface area contributed by atoms with E-state index >= 15 is 0 Å². The third kappa shape index (κ3) is 11.0. The van der Waals surface area contributed by atoms with Gasteiger partial charge in [-0.1, -0.05) is 6.92 Å². The van der Waals surface area contributed by atoms with Gasteiger partial charge in [0.15, 0.2) is 0 Å². The summed E-state index contributed by atoms with van der Waals surface area (Å²) in [6.45, 7) is 4.18. The highest BCUT2D eigenvalue weighted by Crippen LogP contribution is 1.93. The molecule has 0 saturated heterocycles. The van der Waals surface area contributed by atoms with Gasteiger partial charge >= 0.3 is 5.97 Å². The Hall–Kier alpha value is -1.10. The summed E-state index contributed by atoms with van der Waals surface area (Å²) in [5.74, 6) is -0.682. The fraction of sp³-hybridized carbons (Fsp3) is 0.818. The molecule has 0 aromatic rings. The molecule has 0 heterocycles. The van der Waals surface area contributed by atoms with Gasteiger partial charge in [0.05, 0.1) is 0 Å². The van der Waals surface area contributed by atoms with Crippen LogP contribution >= 0.6 is 0 Å². The van der Waals surface area contributed by atoms with Crippen LogP contribution in [0.15, 0.2) is 0 Å². The topological polar surface area (TPSA) is 78.4 Å². The van der Waals surface area contributed by atoms with Crippen LogP contribution in [0.3, 0.4) is 0 Å². The first-order valence-electron chi connectivity index (χ1n) is 5.86. The van der Waals surface area contributed by atoms with Crippen molar-refractivity contribution in [3.05, 3.63) is 0 Å². The highest BCUT2D eigenvalue weighted by Gasteiger charge is 1.99. The number of hydrogen-bond acceptors (Lipinski definition) is 3. The highest BCUT2D eigenvalue weighted by molar-refractivity contribution is 5.75. The van der Waals surface area contributed by atoms with Crippen molar-refractivity contribution >= 4 is 11.9 Å². The summed E-state index contributed by atoms with van der Waals surface area (Å²) in [6.07, 6.45) is 3.18. The summed E-state index contributed by atoms with van der Waals surface area (Å²) >= 11 is 0. The second-order valence-corrected chi connectivity index (χ2v) is 3.70. The molecule has 0 aliphatic rings. The van der Waals surface area contributed by atoms with E-state index in [0.717, 1.165) is 25.9 Å². The Balaban J connectivity index is 3.14. The Morgan fingerprint density at radius 3 is 2.44 bits per heavy atom. The Kier molecular flexibility index (Phi) is 9.70. The normalized spacial score (nSPS) is 10.1. The largest absolute Gasteiger partial charge is 0.481 e. The van der Waals surface area contributed by atoms with Crippen LogP contribution in [0.2, 0.25) is 0 Å². The number of carboxylic acid groups (broad SMARTS) is 1. The van der Waals surface area contributed by atoms with Crippen molar-refractivity contribution in [2.24, 2.45) is 0 Å². The average Bonchev–Trinajstić information content (AvgIpc) is 2.24. The molecule has 0 rings (SSSR count). The van der Waals surface area contributed by atoms with Crippen LogP contribution in [0.5, 0.6) is 0 Å². The van der Waals surface area contributed by atoms with Crippen LogP contribution in [-0.4, -0.2) is 36.6 Å². The lowest BCUT2D eigenvalue weighted by Crippen LogP contribution is -2.28. The molecule has 0 fully saturated rings. The van der Waals surface area contributed by atoms with Gasteiger partial charge in [-0.05, 0) is 25.8 Å². The summed E-state index contributed by atoms with van der Waals surface area (Å²) in [7, 11) is 0. The van der Waals surface area contributed by atoms with E-state index in [1.807, 2.05) is 6.92 Å². The van der Waals surface area contributed by atoms with Gasteiger partial charge in [0.25, 0.3) is 0 Å². The third-order valence-electron chi connectivity index (χ3n) is 2.10. The first kappa shape index (κ1) is 14.9. The summed E-state index contributed by atoms with van der Waals surface area (Å²) < 4.78 is 0. The van der Waals surface area contributed by atoms with Gasteiger partial charge in [-0.25, -0.2) is 0 Å². The minimum atomic E-state index is -0.751. The van der Waals surface area contributed by atoms with E-state index in [9.17, 15) is 9.59 Å². The number of carbonyl (C=O) groups is 2. The van der Waals surface area contributed by atoms with E-state index in [1.165, 1.54) is 0 Å². The second-order valence-electron chi connectivity index (χ2n) is 3.70. The quantitative estimate of drug-likeness (QED) is 0.484. The van der Waals surface area contributed by atoms with Crippen molar-refractivity contribution in [3.8, 4) is 0 Å². The van der Waals surface area contributed by atoms with Gasteiger partial charge in [0.1, 0.15) is 0 Å². The van der Waals surface area contributed by atoms with E-state index in [2.05, 4.69) is 10.6 Å². The SMILES string of the molecule is CCCNC(=O)CCNCCCCC(=O)O. The molecule has 3 N–H and O–H groups in total. The monoisotopic (exact) mass is 230 g/mol. The molecule has 0 aromatic carbocycles. The smallest absolute Gasteiger partial charge is 0.303 e. The summed E-state index contributed by atoms with van der Waals surface area (Å²) in [4.78, 5) is 21.4. The Morgan fingerprint density at radius 2 is 1.81 bits per heavy atom. The molecule has 0 radical (unpaired) electrons. The molecule has 0 saturated carbocycles. The maximum atomic E-state index is 11.2. The second kappa shape index (κ2) is 10.4. The zero-order valence-corrected chi connectivity index (χ0v) is 9.92. The van der Waals surface area contributed by atoms with E-state index in [1.54, 1.807) is 0 Å². The zero-order chi connectivity index (χ0) is 12.2. The first-order chi connectivity index (χ1) is 7.66. The first-order valence-corrected chi connectivity index (χ1v) is 5.86. The number of hydrogen-bond donors (Lipinski definition) is 3. The molecule has 0 aliphatic carbocycles. The summed E-state index contributed by atoms with van der Waals surface area (Å²) in [6, 6.07) is 0. The fourth-order valence-corrected chi connectivity index (χ4v) is 1.21. The predicted octanol–water partition coefficient (Wildman–Crippen LogP) is 0.747. The molecule has 0 aromatic heterocycles. The predicted molar refractivity (Wildman–Crippen MR) is 62.3 cm³/mol. The lowest BCUT2D eigenvalue weighted by Gasteiger charge is -2.05. The zero-order valence-electron chi connectivity index (χ0n) is 9.92. The lowest BCUT2D eigenvalue weighted by molar-refractivity contribution is -0.137. The molecule has 0 atom stereocenters. The lowest BCUT2D eigenvalue weighted by atomic mass is 10.2. The Morgan fingerprint density at radius 1 is 1.06 bits per heavy atom. The van der Waals surface area contributed by atoms with Crippen LogP contribution in [0.25, 0.3) is 0 Å². The summed E-state index contributed by atoms with van der Waals surface area (Å²) in [5.41, 5.74) is 0. The molecule has 0 aliphatic heterocycles.